The minimum Gasteiger partial charge on any atom is -0.478 e. The van der Waals surface area contributed by atoms with Crippen LogP contribution in [0.15, 0.2) is 42.6 Å². The summed E-state index contributed by atoms with van der Waals surface area (Å²) in [6.07, 6.45) is 4.67. The maximum atomic E-state index is 12.2. The number of anilines is 1. The molecule has 0 radical (unpaired) electrons. The maximum Gasteiger partial charge on any atom is 0.338 e. The summed E-state index contributed by atoms with van der Waals surface area (Å²) in [6, 6.07) is 10.4. The monoisotopic (exact) mass is 298 g/mol. The van der Waals surface area contributed by atoms with Gasteiger partial charge in [-0.2, -0.15) is 0 Å². The number of carboxylic acid groups (broad SMARTS) is 1. The number of carboxylic acids is 1. The van der Waals surface area contributed by atoms with Crippen molar-refractivity contribution in [2.75, 3.05) is 5.32 Å². The van der Waals surface area contributed by atoms with Gasteiger partial charge in [0.15, 0.2) is 0 Å². The van der Waals surface area contributed by atoms with Gasteiger partial charge in [0.2, 0.25) is 0 Å². The van der Waals surface area contributed by atoms with Crippen LogP contribution in [0.3, 0.4) is 0 Å². The van der Waals surface area contributed by atoms with Gasteiger partial charge in [-0.25, -0.2) is 4.79 Å². The van der Waals surface area contributed by atoms with Crippen LogP contribution < -0.4 is 5.32 Å². The Morgan fingerprint density at radius 3 is 2.55 bits per heavy atom. The Morgan fingerprint density at radius 1 is 1.18 bits per heavy atom. The summed E-state index contributed by atoms with van der Waals surface area (Å²) < 4.78 is 0. The molecule has 0 aliphatic heterocycles. The van der Waals surface area contributed by atoms with Crippen LogP contribution in [0, 0.1) is 0 Å². The van der Waals surface area contributed by atoms with Gasteiger partial charge in [-0.3, -0.25) is 9.78 Å². The quantitative estimate of drug-likeness (QED) is 0.857. The zero-order chi connectivity index (χ0) is 15.9. The number of benzene rings is 1. The average molecular weight is 298 g/mol. The van der Waals surface area contributed by atoms with Gasteiger partial charge in [0, 0.05) is 11.9 Å². The lowest BCUT2D eigenvalue weighted by Gasteiger charge is -2.07. The largest absolute Gasteiger partial charge is 0.478 e. The van der Waals surface area contributed by atoms with Crippen molar-refractivity contribution in [1.82, 2.24) is 4.98 Å². The highest BCUT2D eigenvalue weighted by Gasteiger charge is 2.17. The predicted molar refractivity (Wildman–Crippen MR) is 84.2 cm³/mol. The molecule has 0 atom stereocenters. The summed E-state index contributed by atoms with van der Waals surface area (Å²) in [5, 5.41) is 11.8. The molecule has 0 spiro atoms. The first kappa shape index (κ1) is 15.7. The van der Waals surface area contributed by atoms with E-state index in [2.05, 4.69) is 17.2 Å². The lowest BCUT2D eigenvalue weighted by molar-refractivity contribution is 0.0691. The normalized spacial score (nSPS) is 10.2. The fourth-order valence-corrected chi connectivity index (χ4v) is 2.08. The highest BCUT2D eigenvalue weighted by Crippen LogP contribution is 2.14. The standard InChI is InChI=1S/C17H18N2O3/c1-2-3-5-12-7-9-13(10-8-12)19-16(20)15-14(17(21)22)6-4-11-18-15/h4,6-11H,2-3,5H2,1H3,(H,19,20)(H,21,22). The Kier molecular flexibility index (Phi) is 5.25. The van der Waals surface area contributed by atoms with Gasteiger partial charge in [0.05, 0.1) is 5.56 Å². The number of hydrogen-bond donors (Lipinski definition) is 2. The number of carbonyl (C=O) groups excluding carboxylic acids is 1. The molecule has 2 aromatic rings. The van der Waals surface area contributed by atoms with E-state index in [1.54, 1.807) is 0 Å². The van der Waals surface area contributed by atoms with Crippen molar-refractivity contribution < 1.29 is 14.7 Å². The van der Waals surface area contributed by atoms with Gasteiger partial charge in [0.1, 0.15) is 5.69 Å². The molecule has 2 rings (SSSR count). The van der Waals surface area contributed by atoms with Crippen LogP contribution in [0.1, 0.15) is 46.2 Å². The lowest BCUT2D eigenvalue weighted by atomic mass is 10.1. The molecule has 0 aliphatic carbocycles. The molecule has 1 aromatic carbocycles. The van der Waals surface area contributed by atoms with Gasteiger partial charge in [-0.15, -0.1) is 0 Å². The third-order valence-electron chi connectivity index (χ3n) is 3.28. The number of pyridine rings is 1. The molecule has 0 saturated heterocycles. The van der Waals surface area contributed by atoms with E-state index in [-0.39, 0.29) is 11.3 Å². The van der Waals surface area contributed by atoms with Crippen LogP contribution in [0.2, 0.25) is 0 Å². The Hall–Kier alpha value is -2.69. The Balaban J connectivity index is 2.10. The molecule has 5 heteroatoms. The fourth-order valence-electron chi connectivity index (χ4n) is 2.08. The highest BCUT2D eigenvalue weighted by molar-refractivity contribution is 6.09. The SMILES string of the molecule is CCCCc1ccc(NC(=O)c2ncccc2C(=O)O)cc1. The average Bonchev–Trinajstić information content (AvgIpc) is 2.54. The molecule has 0 fully saturated rings. The predicted octanol–water partition coefficient (Wildman–Crippen LogP) is 3.37. The van der Waals surface area contributed by atoms with E-state index < -0.39 is 11.9 Å². The molecule has 0 unspecified atom stereocenters. The van der Waals surface area contributed by atoms with Gasteiger partial charge >= 0.3 is 5.97 Å². The van der Waals surface area contributed by atoms with E-state index in [1.165, 1.54) is 23.9 Å². The van der Waals surface area contributed by atoms with Crippen molar-refractivity contribution in [2.45, 2.75) is 26.2 Å². The first-order valence-corrected chi connectivity index (χ1v) is 7.20. The zero-order valence-electron chi connectivity index (χ0n) is 12.4. The summed E-state index contributed by atoms with van der Waals surface area (Å²) in [5.41, 5.74) is 1.63. The molecular weight excluding hydrogens is 280 g/mol. The minimum atomic E-state index is -1.17. The number of nitrogens with zero attached hydrogens (tertiary/aromatic N) is 1. The second kappa shape index (κ2) is 7.36. The number of aryl methyl sites for hydroxylation is 1. The first-order chi connectivity index (χ1) is 10.6. The molecule has 0 bridgehead atoms. The van der Waals surface area contributed by atoms with E-state index in [0.29, 0.717) is 5.69 Å². The zero-order valence-corrected chi connectivity index (χ0v) is 12.4. The van der Waals surface area contributed by atoms with Gasteiger partial charge in [-0.05, 0) is 42.7 Å². The summed E-state index contributed by atoms with van der Waals surface area (Å²) in [6.45, 7) is 2.14. The van der Waals surface area contributed by atoms with E-state index >= 15 is 0 Å². The van der Waals surface area contributed by atoms with Crippen LogP contribution in [0.25, 0.3) is 0 Å². The smallest absolute Gasteiger partial charge is 0.338 e. The summed E-state index contributed by atoms with van der Waals surface area (Å²) in [4.78, 5) is 27.1. The van der Waals surface area contributed by atoms with Crippen molar-refractivity contribution in [3.8, 4) is 0 Å². The molecule has 114 valence electrons. The van der Waals surface area contributed by atoms with Gasteiger partial charge in [0.25, 0.3) is 5.91 Å². The van der Waals surface area contributed by atoms with Crippen molar-refractivity contribution in [2.24, 2.45) is 0 Å². The number of rotatable bonds is 6. The number of carbonyl (C=O) groups is 2. The third kappa shape index (κ3) is 3.91. The number of unbranched alkanes of at least 4 members (excludes halogenated alkanes) is 1. The Labute approximate surface area is 129 Å². The Bertz CT molecular complexity index is 666. The van der Waals surface area contributed by atoms with Crippen LogP contribution >= 0.6 is 0 Å². The number of amides is 1. The molecule has 2 N–H and O–H groups in total. The highest BCUT2D eigenvalue weighted by atomic mass is 16.4. The number of nitrogens with one attached hydrogen (secondary N) is 1. The third-order valence-corrected chi connectivity index (χ3v) is 3.28. The topological polar surface area (TPSA) is 79.3 Å². The van der Waals surface area contributed by atoms with E-state index in [9.17, 15) is 9.59 Å². The van der Waals surface area contributed by atoms with Crippen molar-refractivity contribution in [3.05, 3.63) is 59.4 Å². The van der Waals surface area contributed by atoms with Crippen LogP contribution in [0.5, 0.6) is 0 Å². The lowest BCUT2D eigenvalue weighted by Crippen LogP contribution is -2.18. The maximum absolute atomic E-state index is 12.2. The molecule has 1 amide bonds. The molecule has 5 nitrogen and oxygen atoms in total. The second-order valence-electron chi connectivity index (χ2n) is 4.96. The fraction of sp³-hybridized carbons (Fsp3) is 0.235. The molecule has 22 heavy (non-hydrogen) atoms. The molecule has 0 aliphatic rings. The van der Waals surface area contributed by atoms with E-state index in [0.717, 1.165) is 19.3 Å². The summed E-state index contributed by atoms with van der Waals surface area (Å²) in [5.74, 6) is -1.70. The van der Waals surface area contributed by atoms with Crippen LogP contribution in [-0.2, 0) is 6.42 Å². The van der Waals surface area contributed by atoms with Gasteiger partial charge in [-0.1, -0.05) is 25.5 Å². The first-order valence-electron chi connectivity index (χ1n) is 7.20. The molecular formula is C17H18N2O3. The molecule has 1 aromatic heterocycles. The van der Waals surface area contributed by atoms with Crippen LogP contribution in [-0.4, -0.2) is 22.0 Å². The van der Waals surface area contributed by atoms with Crippen molar-refractivity contribution in [1.29, 1.82) is 0 Å². The Morgan fingerprint density at radius 2 is 1.91 bits per heavy atom. The van der Waals surface area contributed by atoms with Crippen LogP contribution in [0.4, 0.5) is 5.69 Å². The molecule has 0 saturated carbocycles. The number of hydrogen-bond acceptors (Lipinski definition) is 3. The minimum absolute atomic E-state index is 0.0925. The van der Waals surface area contributed by atoms with Gasteiger partial charge < -0.3 is 10.4 Å². The molecule has 1 heterocycles. The van der Waals surface area contributed by atoms with E-state index in [4.69, 9.17) is 5.11 Å². The number of aromatic carboxylic acids is 1. The van der Waals surface area contributed by atoms with E-state index in [1.807, 2.05) is 24.3 Å². The van der Waals surface area contributed by atoms with Crippen molar-refractivity contribution in [3.63, 3.8) is 0 Å². The number of aromatic nitrogens is 1. The summed E-state index contributed by atoms with van der Waals surface area (Å²) >= 11 is 0. The second-order valence-corrected chi connectivity index (χ2v) is 4.96. The van der Waals surface area contributed by atoms with Crippen molar-refractivity contribution >= 4 is 17.6 Å². The summed E-state index contributed by atoms with van der Waals surface area (Å²) in [7, 11) is 0.